The van der Waals surface area contributed by atoms with E-state index in [0.29, 0.717) is 28.8 Å². The van der Waals surface area contributed by atoms with Gasteiger partial charge >= 0.3 is 6.03 Å². The lowest BCUT2D eigenvalue weighted by molar-refractivity contribution is 0.206. The molecule has 0 radical (unpaired) electrons. The summed E-state index contributed by atoms with van der Waals surface area (Å²) < 4.78 is 0. The quantitative estimate of drug-likeness (QED) is 0.618. The van der Waals surface area contributed by atoms with Crippen LogP contribution in [0.25, 0.3) is 0 Å². The van der Waals surface area contributed by atoms with Gasteiger partial charge in [-0.3, -0.25) is 4.98 Å². The second kappa shape index (κ2) is 8.70. The number of carbonyl (C=O) groups is 1. The Balaban J connectivity index is 1.83. The van der Waals surface area contributed by atoms with E-state index >= 15 is 0 Å². The molecule has 0 spiro atoms. The summed E-state index contributed by atoms with van der Waals surface area (Å²) in [6, 6.07) is 18.3. The van der Waals surface area contributed by atoms with Crippen LogP contribution >= 0.6 is 23.2 Å². The van der Waals surface area contributed by atoms with Crippen LogP contribution in [-0.4, -0.2) is 15.9 Å². The number of rotatable bonds is 5. The fraction of sp³-hybridized carbons (Fsp3) is 0.100. The predicted octanol–water partition coefficient (Wildman–Crippen LogP) is 5.62. The van der Waals surface area contributed by atoms with Crippen molar-refractivity contribution in [1.29, 1.82) is 0 Å². The van der Waals surface area contributed by atoms with Gasteiger partial charge in [-0.1, -0.05) is 53.5 Å². The monoisotopic (exact) mass is 385 g/mol. The summed E-state index contributed by atoms with van der Waals surface area (Å²) in [4.78, 5) is 18.5. The Morgan fingerprint density at radius 1 is 0.962 bits per heavy atom. The lowest BCUT2D eigenvalue weighted by atomic mass is 10.1. The number of pyridine rings is 1. The molecule has 2 aromatic carbocycles. The van der Waals surface area contributed by atoms with Crippen LogP contribution in [0.5, 0.6) is 0 Å². The summed E-state index contributed by atoms with van der Waals surface area (Å²) in [5.41, 5.74) is 2.50. The molecule has 4 nitrogen and oxygen atoms in total. The fourth-order valence-corrected chi connectivity index (χ4v) is 2.88. The van der Waals surface area contributed by atoms with Gasteiger partial charge in [-0.05, 0) is 41.5 Å². The third kappa shape index (κ3) is 4.97. The highest BCUT2D eigenvalue weighted by atomic mass is 35.5. The highest BCUT2D eigenvalue weighted by molar-refractivity contribution is 6.33. The largest absolute Gasteiger partial charge is 0.322 e. The van der Waals surface area contributed by atoms with Crippen LogP contribution in [-0.2, 0) is 13.1 Å². The first-order valence-electron chi connectivity index (χ1n) is 8.05. The Morgan fingerprint density at radius 2 is 1.69 bits per heavy atom. The number of carbonyl (C=O) groups excluding carboxylic acids is 1. The zero-order valence-electron chi connectivity index (χ0n) is 13.9. The smallest absolute Gasteiger partial charge is 0.316 e. The maximum atomic E-state index is 12.8. The van der Waals surface area contributed by atoms with E-state index in [-0.39, 0.29) is 6.03 Å². The van der Waals surface area contributed by atoms with E-state index in [1.165, 1.54) is 0 Å². The molecule has 26 heavy (non-hydrogen) atoms. The standard InChI is InChI=1S/C20H17Cl2N3O/c21-17-6-7-19(22)16(12-17)14-25(13-15-4-2-1-3-5-15)20(26)24-18-8-10-23-11-9-18/h1-12H,13-14H2,(H,23,24,26). The SMILES string of the molecule is O=C(Nc1ccncc1)N(Cc1ccccc1)Cc1cc(Cl)ccc1Cl. The molecule has 6 heteroatoms. The van der Waals surface area contributed by atoms with Crippen molar-refractivity contribution in [2.75, 3.05) is 5.32 Å². The Hall–Kier alpha value is -2.56. The molecule has 1 N–H and O–H groups in total. The van der Waals surface area contributed by atoms with Crippen LogP contribution < -0.4 is 5.32 Å². The van der Waals surface area contributed by atoms with Gasteiger partial charge in [0.05, 0.1) is 0 Å². The number of nitrogens with one attached hydrogen (secondary N) is 1. The second-order valence-electron chi connectivity index (χ2n) is 5.74. The average molecular weight is 386 g/mol. The minimum Gasteiger partial charge on any atom is -0.316 e. The minimum absolute atomic E-state index is 0.226. The van der Waals surface area contributed by atoms with Gasteiger partial charge in [0.2, 0.25) is 0 Å². The third-order valence-electron chi connectivity index (χ3n) is 3.80. The first-order chi connectivity index (χ1) is 12.6. The summed E-state index contributed by atoms with van der Waals surface area (Å²) >= 11 is 12.4. The zero-order chi connectivity index (χ0) is 18.4. The summed E-state index contributed by atoms with van der Waals surface area (Å²) in [7, 11) is 0. The first kappa shape index (κ1) is 18.2. The van der Waals surface area contributed by atoms with E-state index in [0.717, 1.165) is 11.1 Å². The van der Waals surface area contributed by atoms with Crippen LogP contribution in [0.1, 0.15) is 11.1 Å². The summed E-state index contributed by atoms with van der Waals surface area (Å²) in [5, 5.41) is 4.04. The molecule has 0 bridgehead atoms. The van der Waals surface area contributed by atoms with Gasteiger partial charge in [0.15, 0.2) is 0 Å². The number of aromatic nitrogens is 1. The van der Waals surface area contributed by atoms with E-state index in [1.54, 1.807) is 47.6 Å². The Morgan fingerprint density at radius 3 is 2.42 bits per heavy atom. The molecular weight excluding hydrogens is 369 g/mol. The van der Waals surface area contributed by atoms with Crippen LogP contribution in [0.2, 0.25) is 10.0 Å². The van der Waals surface area contributed by atoms with Crippen LogP contribution in [0.4, 0.5) is 10.5 Å². The van der Waals surface area contributed by atoms with Gasteiger partial charge in [-0.2, -0.15) is 0 Å². The molecule has 1 heterocycles. The summed E-state index contributed by atoms with van der Waals surface area (Å²) in [6.45, 7) is 0.784. The number of hydrogen-bond acceptors (Lipinski definition) is 2. The molecule has 0 saturated carbocycles. The van der Waals surface area contributed by atoms with E-state index in [2.05, 4.69) is 10.3 Å². The Kier molecular flexibility index (Phi) is 6.10. The van der Waals surface area contributed by atoms with Crippen molar-refractivity contribution < 1.29 is 4.79 Å². The molecule has 3 rings (SSSR count). The van der Waals surface area contributed by atoms with Crippen molar-refractivity contribution in [3.8, 4) is 0 Å². The fourth-order valence-electron chi connectivity index (χ4n) is 2.51. The predicted molar refractivity (Wildman–Crippen MR) is 105 cm³/mol. The Labute approximate surface area is 162 Å². The van der Waals surface area contributed by atoms with Crippen molar-refractivity contribution in [3.05, 3.63) is 94.2 Å². The molecule has 0 aliphatic carbocycles. The first-order valence-corrected chi connectivity index (χ1v) is 8.81. The average Bonchev–Trinajstić information content (AvgIpc) is 2.66. The Bertz CT molecular complexity index is 873. The van der Waals surface area contributed by atoms with Gasteiger partial charge in [-0.25, -0.2) is 4.79 Å². The number of amides is 2. The van der Waals surface area contributed by atoms with Crippen molar-refractivity contribution >= 4 is 34.9 Å². The van der Waals surface area contributed by atoms with Crippen LogP contribution in [0.3, 0.4) is 0 Å². The molecule has 0 unspecified atom stereocenters. The van der Waals surface area contributed by atoms with Crippen molar-refractivity contribution in [2.45, 2.75) is 13.1 Å². The molecule has 0 fully saturated rings. The number of halogens is 2. The molecule has 3 aromatic rings. The van der Waals surface area contributed by atoms with Gasteiger partial charge in [-0.15, -0.1) is 0 Å². The molecule has 0 aliphatic rings. The minimum atomic E-state index is -0.226. The van der Waals surface area contributed by atoms with E-state index in [4.69, 9.17) is 23.2 Å². The number of hydrogen-bond donors (Lipinski definition) is 1. The number of anilines is 1. The molecular formula is C20H17Cl2N3O. The second-order valence-corrected chi connectivity index (χ2v) is 6.59. The van der Waals surface area contributed by atoms with Gasteiger partial charge in [0.1, 0.15) is 0 Å². The molecule has 1 aromatic heterocycles. The van der Waals surface area contributed by atoms with Gasteiger partial charge < -0.3 is 10.2 Å². The summed E-state index contributed by atoms with van der Waals surface area (Å²) in [6.07, 6.45) is 3.26. The molecule has 2 amide bonds. The van der Waals surface area contributed by atoms with Gasteiger partial charge in [0, 0.05) is 41.2 Å². The molecule has 132 valence electrons. The van der Waals surface area contributed by atoms with Crippen LogP contribution in [0, 0.1) is 0 Å². The number of benzene rings is 2. The number of urea groups is 1. The van der Waals surface area contributed by atoms with Gasteiger partial charge in [0.25, 0.3) is 0 Å². The normalized spacial score (nSPS) is 10.4. The van der Waals surface area contributed by atoms with Crippen LogP contribution in [0.15, 0.2) is 73.1 Å². The van der Waals surface area contributed by atoms with Crippen molar-refractivity contribution in [3.63, 3.8) is 0 Å². The number of nitrogens with zero attached hydrogens (tertiary/aromatic N) is 2. The van der Waals surface area contributed by atoms with E-state index < -0.39 is 0 Å². The maximum Gasteiger partial charge on any atom is 0.322 e. The van der Waals surface area contributed by atoms with Crippen molar-refractivity contribution in [1.82, 2.24) is 9.88 Å². The highest BCUT2D eigenvalue weighted by Gasteiger charge is 2.16. The van der Waals surface area contributed by atoms with E-state index in [9.17, 15) is 4.79 Å². The molecule has 0 aliphatic heterocycles. The van der Waals surface area contributed by atoms with E-state index in [1.807, 2.05) is 30.3 Å². The topological polar surface area (TPSA) is 45.2 Å². The lowest BCUT2D eigenvalue weighted by Crippen LogP contribution is -2.34. The highest BCUT2D eigenvalue weighted by Crippen LogP contribution is 2.23. The van der Waals surface area contributed by atoms with Crippen molar-refractivity contribution in [2.24, 2.45) is 0 Å². The third-order valence-corrected chi connectivity index (χ3v) is 4.41. The lowest BCUT2D eigenvalue weighted by Gasteiger charge is -2.24. The molecule has 0 atom stereocenters. The maximum absolute atomic E-state index is 12.8. The summed E-state index contributed by atoms with van der Waals surface area (Å²) in [5.74, 6) is 0. The molecule has 0 saturated heterocycles. The zero-order valence-corrected chi connectivity index (χ0v) is 15.4.